The molecule has 1 N–H and O–H groups in total. The van der Waals surface area contributed by atoms with Gasteiger partial charge in [0.05, 0.1) is 11.0 Å². The van der Waals surface area contributed by atoms with Crippen LogP contribution >= 0.6 is 0 Å². The van der Waals surface area contributed by atoms with Gasteiger partial charge in [0.2, 0.25) is 0 Å². The summed E-state index contributed by atoms with van der Waals surface area (Å²) < 4.78 is 3.72. The van der Waals surface area contributed by atoms with Gasteiger partial charge in [-0.1, -0.05) is 19.1 Å². The van der Waals surface area contributed by atoms with Crippen LogP contribution in [0.15, 0.2) is 40.4 Å². The second kappa shape index (κ2) is 5.17. The van der Waals surface area contributed by atoms with E-state index >= 15 is 0 Å². The number of hydrogen-bond donors (Lipinski definition) is 1. The van der Waals surface area contributed by atoms with Gasteiger partial charge in [0.15, 0.2) is 12.1 Å². The normalized spacial score (nSPS) is 27.5. The predicted octanol–water partition coefficient (Wildman–Crippen LogP) is 2.60. The van der Waals surface area contributed by atoms with Crippen molar-refractivity contribution >= 4 is 23.0 Å². The first kappa shape index (κ1) is 15.6. The topological polar surface area (TPSA) is 72.9 Å². The van der Waals surface area contributed by atoms with E-state index < -0.39 is 5.66 Å². The Morgan fingerprint density at radius 2 is 2.04 bits per heavy atom. The van der Waals surface area contributed by atoms with Crippen molar-refractivity contribution in [3.8, 4) is 0 Å². The Balaban J connectivity index is 1.90. The van der Waals surface area contributed by atoms with E-state index in [1.54, 1.807) is 6.33 Å². The van der Waals surface area contributed by atoms with E-state index in [4.69, 9.17) is 4.84 Å². The van der Waals surface area contributed by atoms with Gasteiger partial charge in [0, 0.05) is 12.0 Å². The molecule has 2 aliphatic rings. The van der Waals surface area contributed by atoms with Gasteiger partial charge in [-0.05, 0) is 38.3 Å². The number of imidazole rings is 1. The highest BCUT2D eigenvalue weighted by Crippen LogP contribution is 2.52. The summed E-state index contributed by atoms with van der Waals surface area (Å²) in [5, 5.41) is 0. The fraction of sp³-hybridized carbons (Fsp3) is 0.421. The Morgan fingerprint density at radius 3 is 2.65 bits per heavy atom. The highest BCUT2D eigenvalue weighted by Gasteiger charge is 2.56. The maximum Gasteiger partial charge on any atom is 0.277 e. The zero-order chi connectivity index (χ0) is 18.1. The molecule has 7 heteroatoms. The van der Waals surface area contributed by atoms with Crippen molar-refractivity contribution in [1.82, 2.24) is 19.4 Å². The van der Waals surface area contributed by atoms with Crippen molar-refractivity contribution in [1.29, 1.82) is 0 Å². The van der Waals surface area contributed by atoms with Gasteiger partial charge in [-0.25, -0.2) is 9.98 Å². The molecular weight excluding hydrogens is 330 g/mol. The van der Waals surface area contributed by atoms with Crippen LogP contribution in [0.1, 0.15) is 38.9 Å². The third-order valence-electron chi connectivity index (χ3n) is 5.64. The smallest absolute Gasteiger partial charge is 0.277 e. The molecule has 1 saturated carbocycles. The number of hydroxylamine groups is 1. The lowest BCUT2D eigenvalue weighted by molar-refractivity contribution is 0.101. The summed E-state index contributed by atoms with van der Waals surface area (Å²) in [5.41, 5.74) is 5.26. The van der Waals surface area contributed by atoms with Crippen LogP contribution in [-0.4, -0.2) is 20.4 Å². The Labute approximate surface area is 150 Å². The van der Waals surface area contributed by atoms with Crippen LogP contribution in [-0.2, 0) is 10.5 Å². The van der Waals surface area contributed by atoms with E-state index in [0.29, 0.717) is 17.1 Å². The summed E-state index contributed by atoms with van der Waals surface area (Å²) in [6.45, 7) is 6.23. The average molecular weight is 351 g/mol. The Hall–Kier alpha value is -2.67. The Bertz CT molecular complexity index is 1110. The lowest BCUT2D eigenvalue weighted by Gasteiger charge is -2.24. The minimum Gasteiger partial charge on any atom is -0.394 e. The molecular formula is C19H21N5O2. The minimum absolute atomic E-state index is 0.0345. The maximum atomic E-state index is 13.5. The van der Waals surface area contributed by atoms with Gasteiger partial charge in [0.1, 0.15) is 17.5 Å². The van der Waals surface area contributed by atoms with E-state index in [1.165, 1.54) is 6.40 Å². The number of fused-ring (bicyclic) bond motifs is 3. The van der Waals surface area contributed by atoms with E-state index in [2.05, 4.69) is 22.4 Å². The molecule has 3 heterocycles. The van der Waals surface area contributed by atoms with Crippen LogP contribution in [0.3, 0.4) is 0 Å². The fourth-order valence-electron chi connectivity index (χ4n) is 4.23. The first-order valence-corrected chi connectivity index (χ1v) is 9.02. The zero-order valence-corrected chi connectivity index (χ0v) is 15.0. The molecule has 3 aromatic rings. The Morgan fingerprint density at radius 1 is 1.31 bits per heavy atom. The van der Waals surface area contributed by atoms with Crippen LogP contribution in [0.4, 0.5) is 0 Å². The number of aromatic nitrogens is 3. The minimum atomic E-state index is -0.787. The largest absolute Gasteiger partial charge is 0.394 e. The van der Waals surface area contributed by atoms with E-state index in [-0.39, 0.29) is 17.5 Å². The quantitative estimate of drug-likeness (QED) is 0.787. The summed E-state index contributed by atoms with van der Waals surface area (Å²) in [7, 11) is 0. The first-order valence-electron chi connectivity index (χ1n) is 9.02. The van der Waals surface area contributed by atoms with Gasteiger partial charge < -0.3 is 9.40 Å². The lowest BCUT2D eigenvalue weighted by Crippen LogP contribution is -2.40. The number of nitrogens with one attached hydrogen (secondary N) is 1. The number of benzene rings is 1. The number of rotatable bonds is 3. The van der Waals surface area contributed by atoms with Gasteiger partial charge in [-0.2, -0.15) is 0 Å². The van der Waals surface area contributed by atoms with E-state index in [0.717, 1.165) is 17.5 Å². The van der Waals surface area contributed by atoms with Gasteiger partial charge in [-0.3, -0.25) is 9.20 Å². The maximum absolute atomic E-state index is 13.5. The van der Waals surface area contributed by atoms with Crippen LogP contribution < -0.4 is 11.0 Å². The van der Waals surface area contributed by atoms with Crippen molar-refractivity contribution in [2.75, 3.05) is 0 Å². The summed E-state index contributed by atoms with van der Waals surface area (Å²) in [6.07, 6.45) is 4.17. The van der Waals surface area contributed by atoms with Crippen LogP contribution in [0, 0.1) is 11.8 Å². The number of aliphatic imine (C=N–C) groups is 1. The standard InChI is InChI=1S/C19H21N5O2/c1-11(2)24-15-7-5-4-6-14(15)23-9-20-17(16(23)18(24)25)19(13-8-12(13)3)21-10-26-22-19/h4-7,9-13,22H,8H2,1-3H3. The summed E-state index contributed by atoms with van der Waals surface area (Å²) in [5.74, 6) is 0.768. The highest BCUT2D eigenvalue weighted by atomic mass is 16.7. The molecule has 0 saturated heterocycles. The van der Waals surface area contributed by atoms with Crippen molar-refractivity contribution in [3.05, 3.63) is 46.6 Å². The molecule has 2 aromatic heterocycles. The van der Waals surface area contributed by atoms with Crippen LogP contribution in [0.2, 0.25) is 0 Å². The fourth-order valence-corrected chi connectivity index (χ4v) is 4.23. The third-order valence-corrected chi connectivity index (χ3v) is 5.64. The second-order valence-corrected chi connectivity index (χ2v) is 7.61. The van der Waals surface area contributed by atoms with Crippen LogP contribution in [0.25, 0.3) is 16.6 Å². The average Bonchev–Trinajstić information content (AvgIpc) is 3.04. The van der Waals surface area contributed by atoms with Crippen molar-refractivity contribution in [2.45, 2.75) is 38.9 Å². The monoisotopic (exact) mass is 351 g/mol. The third kappa shape index (κ3) is 1.89. The summed E-state index contributed by atoms with van der Waals surface area (Å²) >= 11 is 0. The molecule has 0 spiro atoms. The van der Waals surface area contributed by atoms with Gasteiger partial charge in [-0.15, -0.1) is 5.48 Å². The molecule has 3 atom stereocenters. The van der Waals surface area contributed by atoms with Crippen molar-refractivity contribution in [3.63, 3.8) is 0 Å². The molecule has 0 radical (unpaired) electrons. The number of nitrogens with zero attached hydrogens (tertiary/aromatic N) is 4. The van der Waals surface area contributed by atoms with Gasteiger partial charge in [0.25, 0.3) is 5.56 Å². The summed E-state index contributed by atoms with van der Waals surface area (Å²) in [6, 6.07) is 7.95. The van der Waals surface area contributed by atoms with Crippen molar-refractivity contribution in [2.24, 2.45) is 16.8 Å². The predicted molar refractivity (Wildman–Crippen MR) is 99.0 cm³/mol. The lowest BCUT2D eigenvalue weighted by atomic mass is 9.99. The zero-order valence-electron chi connectivity index (χ0n) is 15.0. The summed E-state index contributed by atoms with van der Waals surface area (Å²) in [4.78, 5) is 28.0. The second-order valence-electron chi connectivity index (χ2n) is 7.61. The number of para-hydroxylation sites is 2. The molecule has 5 rings (SSSR count). The first-order chi connectivity index (χ1) is 12.5. The molecule has 0 bridgehead atoms. The number of hydrogen-bond acceptors (Lipinski definition) is 5. The molecule has 1 aliphatic heterocycles. The van der Waals surface area contributed by atoms with Gasteiger partial charge >= 0.3 is 0 Å². The van der Waals surface area contributed by atoms with E-state index in [9.17, 15) is 4.79 Å². The molecule has 1 aromatic carbocycles. The van der Waals surface area contributed by atoms with E-state index in [1.807, 2.05) is 47.1 Å². The molecule has 1 aliphatic carbocycles. The molecule has 0 amide bonds. The molecule has 3 unspecified atom stereocenters. The molecule has 26 heavy (non-hydrogen) atoms. The van der Waals surface area contributed by atoms with Crippen LogP contribution in [0.5, 0.6) is 0 Å². The molecule has 7 nitrogen and oxygen atoms in total. The highest BCUT2D eigenvalue weighted by molar-refractivity contribution is 5.80. The SMILES string of the molecule is CC1CC1C1(c2ncn3c2c(=O)n(C(C)C)c2ccccc23)N=CON1. The van der Waals surface area contributed by atoms with Crippen molar-refractivity contribution < 1.29 is 4.84 Å². The molecule has 134 valence electrons. The molecule has 1 fully saturated rings. The Kier molecular flexibility index (Phi) is 3.10.